The number of hydrogen-bond donors (Lipinski definition) is 1. The number of benzene rings is 3. The van der Waals surface area contributed by atoms with E-state index in [9.17, 15) is 14.7 Å². The van der Waals surface area contributed by atoms with Crippen LogP contribution in [0.4, 0.5) is 0 Å². The van der Waals surface area contributed by atoms with Gasteiger partial charge < -0.3 is 10.0 Å². The number of ketones is 2. The molecule has 0 spiro atoms. The molecule has 160 valence electrons. The van der Waals surface area contributed by atoms with E-state index in [1.165, 1.54) is 0 Å². The number of aliphatic hydroxyl groups is 1. The monoisotopic (exact) mass is 443 g/mol. The predicted octanol–water partition coefficient (Wildman–Crippen LogP) is 5.27. The van der Waals surface area contributed by atoms with E-state index in [4.69, 9.17) is 11.6 Å². The van der Waals surface area contributed by atoms with Gasteiger partial charge in [-0.2, -0.15) is 0 Å². The summed E-state index contributed by atoms with van der Waals surface area (Å²) in [5.41, 5.74) is 2.80. The fraction of sp³-hybridized carbons (Fsp3) is 0.111. The third-order valence-electron chi connectivity index (χ3n) is 5.39. The maximum atomic E-state index is 13.6. The summed E-state index contributed by atoms with van der Waals surface area (Å²) in [6.45, 7) is 0.155. The first-order chi connectivity index (χ1) is 15.6. The summed E-state index contributed by atoms with van der Waals surface area (Å²) in [5.74, 6) is -0.900. The Morgan fingerprint density at radius 3 is 1.66 bits per heavy atom. The number of nitrogens with zero attached hydrogens (tertiary/aromatic N) is 1. The van der Waals surface area contributed by atoms with E-state index in [1.807, 2.05) is 48.5 Å². The zero-order chi connectivity index (χ0) is 22.5. The van der Waals surface area contributed by atoms with E-state index in [0.29, 0.717) is 27.3 Å². The van der Waals surface area contributed by atoms with Crippen molar-refractivity contribution in [2.45, 2.75) is 5.92 Å². The van der Waals surface area contributed by atoms with Gasteiger partial charge in [0.2, 0.25) is 0 Å². The van der Waals surface area contributed by atoms with Crippen LogP contribution in [-0.4, -0.2) is 34.7 Å². The average Bonchev–Trinajstić information content (AvgIpc) is 2.84. The molecule has 0 saturated carbocycles. The van der Waals surface area contributed by atoms with Crippen LogP contribution in [0.3, 0.4) is 0 Å². The highest BCUT2D eigenvalue weighted by atomic mass is 35.5. The largest absolute Gasteiger partial charge is 0.395 e. The van der Waals surface area contributed by atoms with E-state index in [2.05, 4.69) is 0 Å². The Hall–Kier alpha value is -3.47. The Labute approximate surface area is 192 Å². The molecule has 4 nitrogen and oxygen atoms in total. The number of aliphatic hydroxyl groups excluding tert-OH is 1. The lowest BCUT2D eigenvalue weighted by atomic mass is 9.78. The maximum Gasteiger partial charge on any atom is 0.191 e. The van der Waals surface area contributed by atoms with Crippen LogP contribution < -0.4 is 0 Å². The summed E-state index contributed by atoms with van der Waals surface area (Å²) in [4.78, 5) is 28.9. The second-order valence-corrected chi connectivity index (χ2v) is 7.94. The lowest BCUT2D eigenvalue weighted by Crippen LogP contribution is -2.29. The first kappa shape index (κ1) is 21.8. The van der Waals surface area contributed by atoms with Crippen molar-refractivity contribution in [3.8, 4) is 0 Å². The van der Waals surface area contributed by atoms with Crippen LogP contribution in [0.15, 0.2) is 108 Å². The number of hydrogen-bond acceptors (Lipinski definition) is 4. The normalized spacial score (nSPS) is 14.0. The summed E-state index contributed by atoms with van der Waals surface area (Å²) in [6, 6.07) is 25.2. The fourth-order valence-corrected chi connectivity index (χ4v) is 3.99. The van der Waals surface area contributed by atoms with Gasteiger partial charge in [0.15, 0.2) is 11.6 Å². The molecule has 0 saturated heterocycles. The Balaban J connectivity index is 1.86. The third-order valence-corrected chi connectivity index (χ3v) is 5.64. The molecule has 0 bridgehead atoms. The van der Waals surface area contributed by atoms with E-state index >= 15 is 0 Å². The number of allylic oxidation sites excluding steroid dienone is 2. The molecule has 0 radical (unpaired) electrons. The average molecular weight is 444 g/mol. The molecule has 1 aliphatic heterocycles. The molecule has 1 aliphatic rings. The minimum absolute atomic E-state index is 0.113. The molecule has 5 heteroatoms. The zero-order valence-electron chi connectivity index (χ0n) is 17.3. The molecule has 4 rings (SSSR count). The van der Waals surface area contributed by atoms with Gasteiger partial charge in [-0.25, -0.2) is 0 Å². The molecule has 3 aromatic rings. The predicted molar refractivity (Wildman–Crippen MR) is 126 cm³/mol. The minimum Gasteiger partial charge on any atom is -0.395 e. The van der Waals surface area contributed by atoms with Crippen molar-refractivity contribution in [1.82, 2.24) is 4.90 Å². The number of Topliss-reactive ketones (excluding diaryl/α,β-unsaturated/α-hetero) is 2. The van der Waals surface area contributed by atoms with E-state index in [1.54, 1.807) is 53.7 Å². The molecular formula is C27H22ClNO3. The van der Waals surface area contributed by atoms with Gasteiger partial charge in [-0.15, -0.1) is 0 Å². The van der Waals surface area contributed by atoms with E-state index in [-0.39, 0.29) is 24.7 Å². The second kappa shape index (κ2) is 9.77. The molecule has 0 amide bonds. The number of carbonyl (C=O) groups excluding carboxylic acids is 2. The van der Waals surface area contributed by atoms with Gasteiger partial charge in [-0.3, -0.25) is 9.59 Å². The van der Waals surface area contributed by atoms with Gasteiger partial charge in [0.25, 0.3) is 0 Å². The van der Waals surface area contributed by atoms with Crippen LogP contribution in [0.2, 0.25) is 5.02 Å². The highest BCUT2D eigenvalue weighted by Gasteiger charge is 2.34. The van der Waals surface area contributed by atoms with Gasteiger partial charge in [0.1, 0.15) is 0 Å². The third kappa shape index (κ3) is 4.57. The quantitative estimate of drug-likeness (QED) is 0.506. The van der Waals surface area contributed by atoms with Crippen molar-refractivity contribution in [2.75, 3.05) is 13.2 Å². The van der Waals surface area contributed by atoms with Crippen molar-refractivity contribution in [1.29, 1.82) is 0 Å². The number of rotatable bonds is 7. The molecule has 3 aromatic carbocycles. The highest BCUT2D eigenvalue weighted by Crippen LogP contribution is 2.39. The van der Waals surface area contributed by atoms with Crippen molar-refractivity contribution < 1.29 is 14.7 Å². The van der Waals surface area contributed by atoms with Crippen LogP contribution in [0.25, 0.3) is 0 Å². The molecule has 32 heavy (non-hydrogen) atoms. The van der Waals surface area contributed by atoms with Crippen molar-refractivity contribution in [2.24, 2.45) is 0 Å². The molecule has 1 N–H and O–H groups in total. The molecular weight excluding hydrogens is 422 g/mol. The van der Waals surface area contributed by atoms with Crippen molar-refractivity contribution in [3.63, 3.8) is 0 Å². The SMILES string of the molecule is O=C(C1=CN(CCO)C=C(C(=O)c2ccccc2)C1c1ccc(Cl)cc1)c1ccccc1. The van der Waals surface area contributed by atoms with Crippen LogP contribution in [-0.2, 0) is 0 Å². The van der Waals surface area contributed by atoms with E-state index in [0.717, 1.165) is 5.56 Å². The van der Waals surface area contributed by atoms with Gasteiger partial charge >= 0.3 is 0 Å². The van der Waals surface area contributed by atoms with Crippen LogP contribution in [0.1, 0.15) is 32.2 Å². The molecule has 0 aromatic heterocycles. The van der Waals surface area contributed by atoms with Gasteiger partial charge in [-0.1, -0.05) is 84.4 Å². The lowest BCUT2D eigenvalue weighted by molar-refractivity contribution is 0.101. The lowest BCUT2D eigenvalue weighted by Gasteiger charge is -2.31. The second-order valence-electron chi connectivity index (χ2n) is 7.51. The van der Waals surface area contributed by atoms with Crippen LogP contribution >= 0.6 is 11.6 Å². The minimum atomic E-state index is -0.567. The Kier molecular flexibility index (Phi) is 6.64. The number of halogens is 1. The van der Waals surface area contributed by atoms with Crippen LogP contribution in [0.5, 0.6) is 0 Å². The van der Waals surface area contributed by atoms with E-state index < -0.39 is 5.92 Å². The van der Waals surface area contributed by atoms with Gasteiger partial charge in [0, 0.05) is 52.2 Å². The summed E-state index contributed by atoms with van der Waals surface area (Å²) in [7, 11) is 0. The molecule has 0 atom stereocenters. The molecule has 0 unspecified atom stereocenters. The van der Waals surface area contributed by atoms with Crippen molar-refractivity contribution >= 4 is 23.2 Å². The summed E-state index contributed by atoms with van der Waals surface area (Å²) < 4.78 is 0. The number of β-amino-alcohol motifs (C(OH)–C–C–N with tert-alkyl or cyclic N) is 1. The summed E-state index contributed by atoms with van der Waals surface area (Å²) in [6.07, 6.45) is 3.46. The van der Waals surface area contributed by atoms with Gasteiger partial charge in [0.05, 0.1) is 6.61 Å². The Bertz CT molecular complexity index is 1100. The molecule has 0 aliphatic carbocycles. The Morgan fingerprint density at radius 1 is 0.750 bits per heavy atom. The maximum absolute atomic E-state index is 13.6. The van der Waals surface area contributed by atoms with Crippen LogP contribution in [0, 0.1) is 0 Å². The van der Waals surface area contributed by atoms with Crippen molar-refractivity contribution in [3.05, 3.63) is 130 Å². The first-order valence-corrected chi connectivity index (χ1v) is 10.7. The Morgan fingerprint density at radius 2 is 1.22 bits per heavy atom. The summed E-state index contributed by atoms with van der Waals surface area (Å²) >= 11 is 6.11. The number of carbonyl (C=O) groups is 2. The zero-order valence-corrected chi connectivity index (χ0v) is 18.1. The first-order valence-electron chi connectivity index (χ1n) is 10.3. The highest BCUT2D eigenvalue weighted by molar-refractivity contribution is 6.30. The topological polar surface area (TPSA) is 57.6 Å². The smallest absolute Gasteiger partial charge is 0.191 e. The molecule has 1 heterocycles. The molecule has 0 fully saturated rings. The van der Waals surface area contributed by atoms with Gasteiger partial charge in [-0.05, 0) is 17.7 Å². The fourth-order valence-electron chi connectivity index (χ4n) is 3.86. The standard InChI is InChI=1S/C27H22ClNO3/c28-22-13-11-19(12-14-22)25-23(26(31)20-7-3-1-4-8-20)17-29(15-16-30)18-24(25)27(32)21-9-5-2-6-10-21/h1-14,17-18,25,30H,15-16H2. The summed E-state index contributed by atoms with van der Waals surface area (Å²) in [5, 5.41) is 10.1.